The number of carbonyl (C=O) groups excluding carboxylic acids is 1. The Labute approximate surface area is 105 Å². The van der Waals surface area contributed by atoms with E-state index in [9.17, 15) is 4.79 Å². The molecule has 4 nitrogen and oxygen atoms in total. The van der Waals surface area contributed by atoms with Crippen molar-refractivity contribution in [1.29, 1.82) is 0 Å². The molecule has 1 amide bonds. The zero-order valence-corrected chi connectivity index (χ0v) is 11.7. The van der Waals surface area contributed by atoms with Gasteiger partial charge in [-0.3, -0.25) is 10.1 Å². The second-order valence-electron chi connectivity index (χ2n) is 5.27. The molecule has 1 aliphatic heterocycles. The van der Waals surface area contributed by atoms with Gasteiger partial charge in [0.05, 0.1) is 24.9 Å². The molecule has 4 heteroatoms. The highest BCUT2D eigenvalue weighted by Crippen LogP contribution is 2.18. The minimum absolute atomic E-state index is 0.0125. The van der Waals surface area contributed by atoms with E-state index >= 15 is 0 Å². The first-order chi connectivity index (χ1) is 7.97. The van der Waals surface area contributed by atoms with Crippen molar-refractivity contribution in [2.45, 2.75) is 59.4 Å². The fourth-order valence-electron chi connectivity index (χ4n) is 2.19. The molecule has 17 heavy (non-hydrogen) atoms. The minimum atomic E-state index is -0.0125. The Morgan fingerprint density at radius 3 is 2.47 bits per heavy atom. The largest absolute Gasteiger partial charge is 0.377 e. The van der Waals surface area contributed by atoms with Crippen molar-refractivity contribution >= 4 is 5.91 Å². The highest BCUT2D eigenvalue weighted by molar-refractivity contribution is 5.84. The normalized spacial score (nSPS) is 25.4. The highest BCUT2D eigenvalue weighted by atomic mass is 16.5. The van der Waals surface area contributed by atoms with Gasteiger partial charge in [-0.05, 0) is 26.2 Å². The number of amides is 1. The van der Waals surface area contributed by atoms with Crippen LogP contribution < -0.4 is 5.32 Å². The molecule has 2 unspecified atom stereocenters. The van der Waals surface area contributed by atoms with Crippen LogP contribution in [-0.4, -0.2) is 42.3 Å². The van der Waals surface area contributed by atoms with E-state index in [2.05, 4.69) is 19.2 Å². The lowest BCUT2D eigenvalue weighted by atomic mass is 10.1. The van der Waals surface area contributed by atoms with E-state index in [0.717, 1.165) is 6.42 Å². The molecule has 0 aromatic heterocycles. The standard InChI is InChI=1S/C13H26N2O2/c1-6-11-13(16)15(7-8-17-10(4)5)12(14-11)9(2)3/h9-12,14H,6-8H2,1-5H3. The predicted octanol–water partition coefficient (Wildman–Crippen LogP) is 1.60. The Balaban J connectivity index is 2.56. The lowest BCUT2D eigenvalue weighted by molar-refractivity contribution is -0.131. The topological polar surface area (TPSA) is 41.6 Å². The van der Waals surface area contributed by atoms with Gasteiger partial charge in [-0.1, -0.05) is 20.8 Å². The summed E-state index contributed by atoms with van der Waals surface area (Å²) in [5, 5.41) is 3.40. The van der Waals surface area contributed by atoms with Crippen LogP contribution in [0.25, 0.3) is 0 Å². The van der Waals surface area contributed by atoms with Gasteiger partial charge in [0.2, 0.25) is 5.91 Å². The van der Waals surface area contributed by atoms with E-state index in [1.165, 1.54) is 0 Å². The lowest BCUT2D eigenvalue weighted by Crippen LogP contribution is -2.43. The number of rotatable bonds is 6. The van der Waals surface area contributed by atoms with E-state index in [1.807, 2.05) is 25.7 Å². The molecule has 0 aromatic rings. The molecule has 0 radical (unpaired) electrons. The van der Waals surface area contributed by atoms with Crippen LogP contribution in [0.5, 0.6) is 0 Å². The summed E-state index contributed by atoms with van der Waals surface area (Å²) >= 11 is 0. The first-order valence-electron chi connectivity index (χ1n) is 6.65. The molecule has 0 saturated carbocycles. The van der Waals surface area contributed by atoms with Crippen molar-refractivity contribution in [3.05, 3.63) is 0 Å². The van der Waals surface area contributed by atoms with E-state index in [-0.39, 0.29) is 24.2 Å². The van der Waals surface area contributed by atoms with Crippen molar-refractivity contribution in [3.8, 4) is 0 Å². The van der Waals surface area contributed by atoms with Crippen LogP contribution in [0.4, 0.5) is 0 Å². The Morgan fingerprint density at radius 1 is 1.35 bits per heavy atom. The van der Waals surface area contributed by atoms with Crippen LogP contribution >= 0.6 is 0 Å². The van der Waals surface area contributed by atoms with Crippen molar-refractivity contribution in [2.24, 2.45) is 5.92 Å². The first kappa shape index (κ1) is 14.5. The molecule has 1 N–H and O–H groups in total. The summed E-state index contributed by atoms with van der Waals surface area (Å²) in [6.45, 7) is 11.6. The van der Waals surface area contributed by atoms with Crippen LogP contribution in [0, 0.1) is 5.92 Å². The third-order valence-corrected chi connectivity index (χ3v) is 3.11. The zero-order valence-electron chi connectivity index (χ0n) is 11.7. The van der Waals surface area contributed by atoms with Gasteiger partial charge < -0.3 is 9.64 Å². The fourth-order valence-corrected chi connectivity index (χ4v) is 2.19. The number of nitrogens with one attached hydrogen (secondary N) is 1. The second-order valence-corrected chi connectivity index (χ2v) is 5.27. The number of carbonyl (C=O) groups is 1. The molecule has 1 heterocycles. The second kappa shape index (κ2) is 6.36. The highest BCUT2D eigenvalue weighted by Gasteiger charge is 2.38. The maximum atomic E-state index is 12.1. The molecule has 0 aromatic carbocycles. The van der Waals surface area contributed by atoms with Crippen LogP contribution in [0.3, 0.4) is 0 Å². The number of ether oxygens (including phenoxy) is 1. The first-order valence-corrected chi connectivity index (χ1v) is 6.65. The molecule has 2 atom stereocenters. The summed E-state index contributed by atoms with van der Waals surface area (Å²) in [6, 6.07) is -0.0125. The summed E-state index contributed by atoms with van der Waals surface area (Å²) < 4.78 is 5.53. The SMILES string of the molecule is CCC1NC(C(C)C)N(CCOC(C)C)C1=O. The smallest absolute Gasteiger partial charge is 0.241 e. The zero-order chi connectivity index (χ0) is 13.0. The molecular formula is C13H26N2O2. The average Bonchev–Trinajstić information content (AvgIpc) is 2.56. The van der Waals surface area contributed by atoms with Crippen LogP contribution in [0.1, 0.15) is 41.0 Å². The maximum absolute atomic E-state index is 12.1. The van der Waals surface area contributed by atoms with Gasteiger partial charge in [-0.25, -0.2) is 0 Å². The van der Waals surface area contributed by atoms with Crippen molar-refractivity contribution in [3.63, 3.8) is 0 Å². The Bertz CT molecular complexity index is 254. The molecule has 1 saturated heterocycles. The summed E-state index contributed by atoms with van der Waals surface area (Å²) in [6.07, 6.45) is 1.23. The third-order valence-electron chi connectivity index (χ3n) is 3.11. The average molecular weight is 242 g/mol. The Hall–Kier alpha value is -0.610. The number of nitrogens with zero attached hydrogens (tertiary/aromatic N) is 1. The predicted molar refractivity (Wildman–Crippen MR) is 68.6 cm³/mol. The molecule has 0 aliphatic carbocycles. The van der Waals surface area contributed by atoms with Crippen molar-refractivity contribution in [1.82, 2.24) is 10.2 Å². The summed E-state index contributed by atoms with van der Waals surface area (Å²) in [5.41, 5.74) is 0. The van der Waals surface area contributed by atoms with Gasteiger partial charge in [-0.2, -0.15) is 0 Å². The molecule has 0 spiro atoms. The molecular weight excluding hydrogens is 216 g/mol. The van der Waals surface area contributed by atoms with Crippen LogP contribution in [0.15, 0.2) is 0 Å². The van der Waals surface area contributed by atoms with Gasteiger partial charge in [0.1, 0.15) is 0 Å². The van der Waals surface area contributed by atoms with E-state index in [1.54, 1.807) is 0 Å². The minimum Gasteiger partial charge on any atom is -0.377 e. The van der Waals surface area contributed by atoms with Crippen LogP contribution in [-0.2, 0) is 9.53 Å². The van der Waals surface area contributed by atoms with Gasteiger partial charge in [0.25, 0.3) is 0 Å². The summed E-state index contributed by atoms with van der Waals surface area (Å²) in [5.74, 6) is 0.646. The molecule has 0 bridgehead atoms. The number of hydrogen-bond acceptors (Lipinski definition) is 3. The lowest BCUT2D eigenvalue weighted by Gasteiger charge is -2.27. The summed E-state index contributed by atoms with van der Waals surface area (Å²) in [7, 11) is 0. The molecule has 100 valence electrons. The molecule has 1 fully saturated rings. The Morgan fingerprint density at radius 2 is 2.00 bits per heavy atom. The summed E-state index contributed by atoms with van der Waals surface area (Å²) in [4.78, 5) is 14.1. The molecule has 1 aliphatic rings. The molecule has 1 rings (SSSR count). The van der Waals surface area contributed by atoms with Crippen molar-refractivity contribution in [2.75, 3.05) is 13.2 Å². The van der Waals surface area contributed by atoms with Crippen molar-refractivity contribution < 1.29 is 9.53 Å². The Kier molecular flexibility index (Phi) is 5.40. The van der Waals surface area contributed by atoms with Crippen LogP contribution in [0.2, 0.25) is 0 Å². The van der Waals surface area contributed by atoms with Gasteiger partial charge >= 0.3 is 0 Å². The van der Waals surface area contributed by atoms with Gasteiger partial charge in [-0.15, -0.1) is 0 Å². The number of hydrogen-bond donors (Lipinski definition) is 1. The monoisotopic (exact) mass is 242 g/mol. The fraction of sp³-hybridized carbons (Fsp3) is 0.923. The van der Waals surface area contributed by atoms with Gasteiger partial charge in [0, 0.05) is 6.54 Å². The van der Waals surface area contributed by atoms with E-state index < -0.39 is 0 Å². The van der Waals surface area contributed by atoms with Gasteiger partial charge in [0.15, 0.2) is 0 Å². The third kappa shape index (κ3) is 3.68. The van der Waals surface area contributed by atoms with E-state index in [0.29, 0.717) is 19.1 Å². The van der Waals surface area contributed by atoms with E-state index in [4.69, 9.17) is 4.74 Å². The maximum Gasteiger partial charge on any atom is 0.241 e. The quantitative estimate of drug-likeness (QED) is 0.769.